The summed E-state index contributed by atoms with van der Waals surface area (Å²) in [4.78, 5) is 16.2. The third-order valence-corrected chi connectivity index (χ3v) is 4.97. The van der Waals surface area contributed by atoms with E-state index in [0.717, 1.165) is 23.4 Å². The maximum atomic E-state index is 12.7. The van der Waals surface area contributed by atoms with Crippen molar-refractivity contribution in [3.05, 3.63) is 75.7 Å². The van der Waals surface area contributed by atoms with Gasteiger partial charge in [-0.1, -0.05) is 23.7 Å². The highest BCUT2D eigenvalue weighted by molar-refractivity contribution is 6.30. The van der Waals surface area contributed by atoms with Crippen LogP contribution in [0.25, 0.3) is 5.82 Å². The third kappa shape index (κ3) is 5.18. The van der Waals surface area contributed by atoms with Crippen LogP contribution >= 0.6 is 11.6 Å². The van der Waals surface area contributed by atoms with Crippen molar-refractivity contribution in [1.29, 1.82) is 0 Å². The quantitative estimate of drug-likeness (QED) is 0.620. The minimum absolute atomic E-state index is 0.124. The number of pyridine rings is 1. The summed E-state index contributed by atoms with van der Waals surface area (Å²) >= 11 is 5.86. The molecular weight excluding hydrogens is 417 g/mol. The molecular formula is C21H20ClF3N4O. The number of hydrogen-bond donors (Lipinski definition) is 1. The minimum Gasteiger partial charge on any atom is -0.355 e. The van der Waals surface area contributed by atoms with Crippen molar-refractivity contribution in [2.45, 2.75) is 32.9 Å². The first-order valence-electron chi connectivity index (χ1n) is 9.25. The number of rotatable bonds is 6. The normalized spacial score (nSPS) is 11.5. The van der Waals surface area contributed by atoms with Crippen LogP contribution in [0.1, 0.15) is 28.1 Å². The average Bonchev–Trinajstić information content (AvgIpc) is 2.97. The second-order valence-electron chi connectivity index (χ2n) is 6.87. The molecule has 3 rings (SSSR count). The van der Waals surface area contributed by atoms with Gasteiger partial charge in [0.05, 0.1) is 17.7 Å². The number of nitrogens with zero attached hydrogens (tertiary/aromatic N) is 3. The summed E-state index contributed by atoms with van der Waals surface area (Å²) in [7, 11) is 0. The first-order chi connectivity index (χ1) is 14.1. The van der Waals surface area contributed by atoms with Gasteiger partial charge in [0, 0.05) is 29.0 Å². The van der Waals surface area contributed by atoms with Crippen LogP contribution in [0, 0.1) is 13.8 Å². The first-order valence-corrected chi connectivity index (χ1v) is 9.63. The lowest BCUT2D eigenvalue weighted by atomic mass is 10.1. The maximum absolute atomic E-state index is 12.7. The summed E-state index contributed by atoms with van der Waals surface area (Å²) in [6.45, 7) is 3.99. The molecule has 2 aromatic heterocycles. The topological polar surface area (TPSA) is 59.8 Å². The maximum Gasteiger partial charge on any atom is 0.417 e. The molecule has 3 aromatic rings. The number of aryl methyl sites for hydroxylation is 1. The molecule has 0 aliphatic rings. The number of carbonyl (C=O) groups is 1. The van der Waals surface area contributed by atoms with E-state index < -0.39 is 11.7 Å². The predicted octanol–water partition coefficient (Wildman–Crippen LogP) is 4.46. The Labute approximate surface area is 176 Å². The van der Waals surface area contributed by atoms with Crippen LogP contribution in [0.4, 0.5) is 13.2 Å². The summed E-state index contributed by atoms with van der Waals surface area (Å²) < 4.78 is 39.6. The van der Waals surface area contributed by atoms with Gasteiger partial charge in [0.15, 0.2) is 5.82 Å². The van der Waals surface area contributed by atoms with Crippen LogP contribution in [0.2, 0.25) is 5.02 Å². The van der Waals surface area contributed by atoms with Crippen molar-refractivity contribution < 1.29 is 18.0 Å². The highest BCUT2D eigenvalue weighted by Gasteiger charge is 2.30. The van der Waals surface area contributed by atoms with Gasteiger partial charge < -0.3 is 5.32 Å². The molecule has 5 nitrogen and oxygen atoms in total. The molecule has 0 unspecified atom stereocenters. The summed E-state index contributed by atoms with van der Waals surface area (Å²) in [6, 6.07) is 9.64. The summed E-state index contributed by atoms with van der Waals surface area (Å²) in [6.07, 6.45) is -2.88. The Kier molecular flexibility index (Phi) is 6.45. The lowest BCUT2D eigenvalue weighted by Gasteiger charge is -2.08. The van der Waals surface area contributed by atoms with Crippen molar-refractivity contribution in [1.82, 2.24) is 20.1 Å². The number of alkyl halides is 3. The van der Waals surface area contributed by atoms with Gasteiger partial charge in [-0.15, -0.1) is 0 Å². The summed E-state index contributed by atoms with van der Waals surface area (Å²) in [5, 5.41) is 7.87. The molecule has 0 bridgehead atoms. The molecule has 0 spiro atoms. The molecule has 158 valence electrons. The number of halogens is 4. The molecule has 1 N–H and O–H groups in total. The van der Waals surface area contributed by atoms with Gasteiger partial charge in [-0.05, 0) is 50.1 Å². The number of benzene rings is 1. The molecule has 2 heterocycles. The highest BCUT2D eigenvalue weighted by atomic mass is 35.5. The molecule has 0 aliphatic heterocycles. The van der Waals surface area contributed by atoms with E-state index in [2.05, 4.69) is 15.4 Å². The largest absolute Gasteiger partial charge is 0.417 e. The second kappa shape index (κ2) is 8.87. The van der Waals surface area contributed by atoms with E-state index in [1.165, 1.54) is 10.7 Å². The highest BCUT2D eigenvalue weighted by Crippen LogP contribution is 2.29. The predicted molar refractivity (Wildman–Crippen MR) is 108 cm³/mol. The Morgan fingerprint density at radius 3 is 2.43 bits per heavy atom. The average molecular weight is 437 g/mol. The molecule has 1 amide bonds. The van der Waals surface area contributed by atoms with E-state index in [-0.39, 0.29) is 18.1 Å². The Morgan fingerprint density at radius 2 is 1.83 bits per heavy atom. The molecule has 0 aliphatic carbocycles. The summed E-state index contributed by atoms with van der Waals surface area (Å²) in [5.41, 5.74) is 2.25. The van der Waals surface area contributed by atoms with Crippen molar-refractivity contribution in [3.8, 4) is 5.82 Å². The molecule has 0 radical (unpaired) electrons. The fourth-order valence-electron chi connectivity index (χ4n) is 3.05. The second-order valence-corrected chi connectivity index (χ2v) is 7.30. The third-order valence-electron chi connectivity index (χ3n) is 4.72. The van der Waals surface area contributed by atoms with E-state index in [1.54, 1.807) is 26.0 Å². The Balaban J connectivity index is 1.65. The Morgan fingerprint density at radius 1 is 1.13 bits per heavy atom. The molecule has 1 aromatic carbocycles. The van der Waals surface area contributed by atoms with Crippen LogP contribution in [0.3, 0.4) is 0 Å². The zero-order valence-corrected chi connectivity index (χ0v) is 17.2. The minimum atomic E-state index is -4.45. The number of nitrogens with one attached hydrogen (secondary N) is 1. The fraction of sp³-hybridized carbons (Fsp3) is 0.286. The van der Waals surface area contributed by atoms with Gasteiger partial charge in [-0.3, -0.25) is 4.79 Å². The fourth-order valence-corrected chi connectivity index (χ4v) is 3.18. The standard InChI is InChI=1S/C21H20ClF3N4O/c1-13-18(11-20(30)26-10-9-15-3-6-17(22)7-4-15)14(2)29(28-13)19-8-5-16(12-27-19)21(23,24)25/h3-8,12H,9-11H2,1-2H3,(H,26,30). The van der Waals surface area contributed by atoms with Gasteiger partial charge >= 0.3 is 6.18 Å². The molecule has 0 fully saturated rings. The molecule has 0 saturated heterocycles. The van der Waals surface area contributed by atoms with Gasteiger partial charge in [0.2, 0.25) is 5.91 Å². The van der Waals surface area contributed by atoms with Crippen molar-refractivity contribution in [3.63, 3.8) is 0 Å². The van der Waals surface area contributed by atoms with Gasteiger partial charge in [-0.25, -0.2) is 9.67 Å². The number of aromatic nitrogens is 3. The zero-order chi connectivity index (χ0) is 21.9. The van der Waals surface area contributed by atoms with Crippen LogP contribution in [0.15, 0.2) is 42.6 Å². The van der Waals surface area contributed by atoms with Gasteiger partial charge in [0.1, 0.15) is 0 Å². The molecule has 9 heteroatoms. The number of amides is 1. The van der Waals surface area contributed by atoms with Crippen molar-refractivity contribution >= 4 is 17.5 Å². The molecule has 30 heavy (non-hydrogen) atoms. The molecule has 0 saturated carbocycles. The number of hydrogen-bond acceptors (Lipinski definition) is 3. The van der Waals surface area contributed by atoms with Crippen LogP contribution in [-0.2, 0) is 23.8 Å². The van der Waals surface area contributed by atoms with E-state index in [1.807, 2.05) is 12.1 Å². The van der Waals surface area contributed by atoms with Crippen LogP contribution in [-0.4, -0.2) is 27.2 Å². The van der Waals surface area contributed by atoms with Crippen molar-refractivity contribution in [2.75, 3.05) is 6.54 Å². The van der Waals surface area contributed by atoms with Gasteiger partial charge in [0.25, 0.3) is 0 Å². The lowest BCUT2D eigenvalue weighted by molar-refractivity contribution is -0.137. The molecule has 0 atom stereocenters. The Bertz CT molecular complexity index is 1030. The first kappa shape index (κ1) is 21.8. The number of carbonyl (C=O) groups excluding carboxylic acids is 1. The SMILES string of the molecule is Cc1nn(-c2ccc(C(F)(F)F)cn2)c(C)c1CC(=O)NCCc1ccc(Cl)cc1. The van der Waals surface area contributed by atoms with Crippen LogP contribution < -0.4 is 5.32 Å². The van der Waals surface area contributed by atoms with E-state index in [0.29, 0.717) is 29.4 Å². The lowest BCUT2D eigenvalue weighted by Crippen LogP contribution is -2.27. The van der Waals surface area contributed by atoms with Gasteiger partial charge in [-0.2, -0.15) is 18.3 Å². The van der Waals surface area contributed by atoms with E-state index >= 15 is 0 Å². The van der Waals surface area contributed by atoms with E-state index in [4.69, 9.17) is 11.6 Å². The van der Waals surface area contributed by atoms with E-state index in [9.17, 15) is 18.0 Å². The smallest absolute Gasteiger partial charge is 0.355 e. The van der Waals surface area contributed by atoms with Crippen LogP contribution in [0.5, 0.6) is 0 Å². The summed E-state index contributed by atoms with van der Waals surface area (Å²) in [5.74, 6) is 0.105. The monoisotopic (exact) mass is 436 g/mol. The van der Waals surface area contributed by atoms with Crippen molar-refractivity contribution in [2.24, 2.45) is 0 Å². The zero-order valence-electron chi connectivity index (χ0n) is 16.4. The Hall–Kier alpha value is -2.87.